The molecule has 0 atom stereocenters. The summed E-state index contributed by atoms with van der Waals surface area (Å²) < 4.78 is 36.5. The van der Waals surface area contributed by atoms with E-state index in [1.807, 2.05) is 6.92 Å². The van der Waals surface area contributed by atoms with Crippen LogP contribution >= 0.6 is 0 Å². The molecule has 0 rings (SSSR count). The first kappa shape index (κ1) is 16.0. The number of hydrogen-bond donors (Lipinski definition) is 1. The minimum Gasteiger partial charge on any atom is -0.388 e. The summed E-state index contributed by atoms with van der Waals surface area (Å²) >= 11 is 0. The van der Waals surface area contributed by atoms with Gasteiger partial charge in [-0.05, 0) is 6.42 Å². The molecule has 0 bridgehead atoms. The van der Waals surface area contributed by atoms with Crippen molar-refractivity contribution in [2.75, 3.05) is 6.54 Å². The fourth-order valence-corrected chi connectivity index (χ4v) is 1.15. The Hall–Kier alpha value is -1.00. The van der Waals surface area contributed by atoms with E-state index in [0.29, 0.717) is 18.3 Å². The largest absolute Gasteiger partial charge is 0.454 e. The Balaban J connectivity index is 4.81. The van der Waals surface area contributed by atoms with Crippen molar-refractivity contribution in [3.63, 3.8) is 0 Å². The van der Waals surface area contributed by atoms with E-state index in [4.69, 9.17) is 0 Å². The van der Waals surface area contributed by atoms with Crippen LogP contribution in [0, 0.1) is 5.41 Å². The first-order valence-electron chi connectivity index (χ1n) is 5.66. The van der Waals surface area contributed by atoms with Crippen LogP contribution in [0.5, 0.6) is 0 Å². The first-order chi connectivity index (χ1) is 7.59. The van der Waals surface area contributed by atoms with Gasteiger partial charge in [-0.2, -0.15) is 13.2 Å². The van der Waals surface area contributed by atoms with Crippen LogP contribution in [0.25, 0.3) is 0 Å². The molecule has 0 aromatic carbocycles. The molecule has 1 N–H and O–H groups in total. The number of rotatable bonds is 5. The third-order valence-electron chi connectivity index (χ3n) is 2.21. The highest BCUT2D eigenvalue weighted by Crippen LogP contribution is 2.25. The summed E-state index contributed by atoms with van der Waals surface area (Å²) in [4.78, 5) is 10.9. The van der Waals surface area contributed by atoms with Gasteiger partial charge < -0.3 is 5.32 Å². The second-order valence-electron chi connectivity index (χ2n) is 4.95. The number of allylic oxidation sites excluding steroid dienone is 2. The maximum absolute atomic E-state index is 12.2. The fourth-order valence-electron chi connectivity index (χ4n) is 1.15. The number of ketones is 1. The molecule has 0 heterocycles. The number of carbonyl (C=O) groups is 1. The molecule has 0 spiro atoms. The highest BCUT2D eigenvalue weighted by atomic mass is 19.4. The molecule has 17 heavy (non-hydrogen) atoms. The quantitative estimate of drug-likeness (QED) is 0.599. The Morgan fingerprint density at radius 3 is 2.12 bits per heavy atom. The number of hydrogen-bond acceptors (Lipinski definition) is 2. The molecule has 0 aliphatic carbocycles. The van der Waals surface area contributed by atoms with E-state index in [1.54, 1.807) is 20.8 Å². The fraction of sp³-hybridized carbons (Fsp3) is 0.750. The lowest BCUT2D eigenvalue weighted by molar-refractivity contribution is -0.165. The van der Waals surface area contributed by atoms with Crippen LogP contribution in [0.4, 0.5) is 13.2 Å². The highest BCUT2D eigenvalue weighted by Gasteiger charge is 2.37. The van der Waals surface area contributed by atoms with Gasteiger partial charge in [-0.15, -0.1) is 0 Å². The van der Waals surface area contributed by atoms with E-state index in [1.165, 1.54) is 0 Å². The maximum atomic E-state index is 12.2. The van der Waals surface area contributed by atoms with Crippen LogP contribution in [0.3, 0.4) is 0 Å². The number of unbranched alkanes of at least 4 members (excludes halogenated alkanes) is 1. The summed E-state index contributed by atoms with van der Waals surface area (Å²) in [6.45, 7) is 7.86. The van der Waals surface area contributed by atoms with Gasteiger partial charge in [0.15, 0.2) is 0 Å². The second kappa shape index (κ2) is 6.07. The van der Waals surface area contributed by atoms with Gasteiger partial charge in [0.1, 0.15) is 0 Å². The molecule has 0 fully saturated rings. The zero-order valence-corrected chi connectivity index (χ0v) is 10.7. The van der Waals surface area contributed by atoms with Crippen molar-refractivity contribution in [3.05, 3.63) is 11.8 Å². The minimum atomic E-state index is -4.80. The summed E-state index contributed by atoms with van der Waals surface area (Å²) in [5.74, 6) is -1.81. The Kier molecular flexibility index (Phi) is 5.72. The molecule has 0 aliphatic rings. The predicted octanol–water partition coefficient (Wildman–Crippen LogP) is 3.44. The molecule has 0 aliphatic heterocycles. The Labute approximate surface area is 100 Å². The van der Waals surface area contributed by atoms with E-state index in [0.717, 1.165) is 12.8 Å². The lowest BCUT2D eigenvalue weighted by atomic mass is 9.91. The van der Waals surface area contributed by atoms with Gasteiger partial charge in [0, 0.05) is 23.7 Å². The number of halogens is 3. The molecule has 0 saturated heterocycles. The number of nitrogens with one attached hydrogen (secondary N) is 1. The monoisotopic (exact) mass is 251 g/mol. The van der Waals surface area contributed by atoms with E-state index in [-0.39, 0.29) is 0 Å². The van der Waals surface area contributed by atoms with Gasteiger partial charge in [-0.25, -0.2) is 0 Å². The van der Waals surface area contributed by atoms with Crippen molar-refractivity contribution in [1.29, 1.82) is 0 Å². The van der Waals surface area contributed by atoms with Crippen molar-refractivity contribution >= 4 is 5.78 Å². The summed E-state index contributed by atoms with van der Waals surface area (Å²) in [7, 11) is 0. The Morgan fingerprint density at radius 2 is 1.76 bits per heavy atom. The van der Waals surface area contributed by atoms with Crippen molar-refractivity contribution in [1.82, 2.24) is 5.32 Å². The highest BCUT2D eigenvalue weighted by molar-refractivity contribution is 5.95. The molecule has 0 unspecified atom stereocenters. The average molecular weight is 251 g/mol. The van der Waals surface area contributed by atoms with E-state index in [9.17, 15) is 18.0 Å². The van der Waals surface area contributed by atoms with Crippen molar-refractivity contribution in [2.45, 2.75) is 46.7 Å². The lowest BCUT2D eigenvalue weighted by Gasteiger charge is -2.24. The Morgan fingerprint density at radius 1 is 1.24 bits per heavy atom. The standard InChI is InChI=1S/C12H20F3NO/c1-5-6-7-16-9(11(2,3)4)8-10(17)12(13,14)15/h8,16H,5-7H2,1-4H3/b9-8-. The van der Waals surface area contributed by atoms with Crippen LogP contribution in [0.2, 0.25) is 0 Å². The molecular formula is C12H20F3NO. The topological polar surface area (TPSA) is 29.1 Å². The SMILES string of the molecule is CCCCN/C(=C\C(=O)C(F)(F)F)C(C)(C)C. The van der Waals surface area contributed by atoms with Crippen molar-refractivity contribution in [3.8, 4) is 0 Å². The number of carbonyl (C=O) groups excluding carboxylic acids is 1. The molecule has 100 valence electrons. The van der Waals surface area contributed by atoms with Gasteiger partial charge in [0.25, 0.3) is 5.78 Å². The first-order valence-corrected chi connectivity index (χ1v) is 5.66. The number of alkyl halides is 3. The van der Waals surface area contributed by atoms with E-state index < -0.39 is 17.4 Å². The molecule has 5 heteroatoms. The normalized spacial score (nSPS) is 13.7. The molecule has 2 nitrogen and oxygen atoms in total. The van der Waals surface area contributed by atoms with Gasteiger partial charge in [0.2, 0.25) is 0 Å². The molecule has 0 saturated carbocycles. The van der Waals surface area contributed by atoms with Gasteiger partial charge in [-0.3, -0.25) is 4.79 Å². The maximum Gasteiger partial charge on any atom is 0.454 e. The summed E-state index contributed by atoms with van der Waals surface area (Å²) in [6.07, 6.45) is -2.34. The smallest absolute Gasteiger partial charge is 0.388 e. The van der Waals surface area contributed by atoms with Crippen molar-refractivity contribution in [2.24, 2.45) is 5.41 Å². The molecule has 0 aromatic rings. The van der Waals surface area contributed by atoms with Crippen LogP contribution in [0.1, 0.15) is 40.5 Å². The lowest BCUT2D eigenvalue weighted by Crippen LogP contribution is -2.29. The van der Waals surface area contributed by atoms with Gasteiger partial charge in [-0.1, -0.05) is 34.1 Å². The third kappa shape index (κ3) is 6.34. The summed E-state index contributed by atoms with van der Waals surface area (Å²) in [5.41, 5.74) is -0.178. The Bertz CT molecular complexity index is 287. The second-order valence-corrected chi connectivity index (χ2v) is 4.95. The molecular weight excluding hydrogens is 231 g/mol. The third-order valence-corrected chi connectivity index (χ3v) is 2.21. The molecule has 0 amide bonds. The van der Waals surface area contributed by atoms with Crippen LogP contribution < -0.4 is 5.32 Å². The van der Waals surface area contributed by atoms with Gasteiger partial charge in [0.05, 0.1) is 0 Å². The molecule has 0 aromatic heterocycles. The van der Waals surface area contributed by atoms with Crippen LogP contribution in [-0.2, 0) is 4.79 Å². The summed E-state index contributed by atoms with van der Waals surface area (Å²) in [6, 6.07) is 0. The molecule has 0 radical (unpaired) electrons. The zero-order chi connectivity index (χ0) is 13.7. The van der Waals surface area contributed by atoms with Crippen LogP contribution in [0.15, 0.2) is 11.8 Å². The van der Waals surface area contributed by atoms with Gasteiger partial charge >= 0.3 is 6.18 Å². The van der Waals surface area contributed by atoms with E-state index >= 15 is 0 Å². The zero-order valence-electron chi connectivity index (χ0n) is 10.7. The minimum absolute atomic E-state index is 0.327. The predicted molar refractivity (Wildman–Crippen MR) is 61.5 cm³/mol. The van der Waals surface area contributed by atoms with Crippen LogP contribution in [-0.4, -0.2) is 18.5 Å². The average Bonchev–Trinajstić information content (AvgIpc) is 2.13. The van der Waals surface area contributed by atoms with Crippen molar-refractivity contribution < 1.29 is 18.0 Å². The van der Waals surface area contributed by atoms with E-state index in [2.05, 4.69) is 5.32 Å². The summed E-state index contributed by atoms with van der Waals surface area (Å²) in [5, 5.41) is 2.90.